The smallest absolute Gasteiger partial charge is 0.165 e. The van der Waals surface area contributed by atoms with Crippen LogP contribution in [0.1, 0.15) is 17.3 Å². The van der Waals surface area contributed by atoms with Crippen LogP contribution in [0.4, 0.5) is 15.8 Å². The Balaban J connectivity index is 2.58. The lowest BCUT2D eigenvalue weighted by atomic mass is 10.1. The lowest BCUT2D eigenvalue weighted by Gasteiger charge is -2.23. The van der Waals surface area contributed by atoms with Gasteiger partial charge in [-0.05, 0) is 31.2 Å². The van der Waals surface area contributed by atoms with Gasteiger partial charge in [-0.3, -0.25) is 4.79 Å². The molecule has 0 saturated carbocycles. The number of anilines is 2. The summed E-state index contributed by atoms with van der Waals surface area (Å²) in [6.45, 7) is 1.47. The van der Waals surface area contributed by atoms with Crippen LogP contribution >= 0.6 is 0 Å². The first-order chi connectivity index (χ1) is 9.56. The zero-order valence-corrected chi connectivity index (χ0v) is 11.7. The number of para-hydroxylation sites is 1. The number of carbonyl (C=O) groups is 1. The van der Waals surface area contributed by atoms with E-state index < -0.39 is 0 Å². The molecule has 2 aromatic carbocycles. The van der Waals surface area contributed by atoms with Crippen LogP contribution in [0.2, 0.25) is 0 Å². The minimum atomic E-state index is -0.340. The molecule has 0 amide bonds. The van der Waals surface area contributed by atoms with Gasteiger partial charge in [0.25, 0.3) is 0 Å². The van der Waals surface area contributed by atoms with Crippen molar-refractivity contribution in [2.45, 2.75) is 6.92 Å². The standard InChI is InChI=1S/C16H16FNO2/c1-11(19)16-14(9-6-10-15(16)20-3)18(2)13-8-5-4-7-12(13)17/h4-10H,1-3H3. The summed E-state index contributed by atoms with van der Waals surface area (Å²) in [4.78, 5) is 13.5. The Morgan fingerprint density at radius 2 is 1.75 bits per heavy atom. The summed E-state index contributed by atoms with van der Waals surface area (Å²) >= 11 is 0. The second-order valence-electron chi connectivity index (χ2n) is 4.42. The predicted octanol–water partition coefficient (Wildman–Crippen LogP) is 3.80. The van der Waals surface area contributed by atoms with Crippen LogP contribution in [0.5, 0.6) is 5.75 Å². The van der Waals surface area contributed by atoms with Gasteiger partial charge in [-0.25, -0.2) is 4.39 Å². The van der Waals surface area contributed by atoms with E-state index in [0.717, 1.165) is 0 Å². The van der Waals surface area contributed by atoms with E-state index in [1.165, 1.54) is 20.1 Å². The van der Waals surface area contributed by atoms with E-state index in [0.29, 0.717) is 22.7 Å². The summed E-state index contributed by atoms with van der Waals surface area (Å²) in [5.41, 5.74) is 1.46. The van der Waals surface area contributed by atoms with Crippen molar-refractivity contribution >= 4 is 17.2 Å². The summed E-state index contributed by atoms with van der Waals surface area (Å²) < 4.78 is 19.1. The second kappa shape index (κ2) is 5.74. The van der Waals surface area contributed by atoms with Gasteiger partial charge in [0, 0.05) is 7.05 Å². The molecule has 20 heavy (non-hydrogen) atoms. The molecule has 0 fully saturated rings. The number of hydrogen-bond acceptors (Lipinski definition) is 3. The Bertz CT molecular complexity index is 640. The molecule has 0 unspecified atom stereocenters. The second-order valence-corrected chi connectivity index (χ2v) is 4.42. The maximum atomic E-state index is 13.9. The SMILES string of the molecule is COc1cccc(N(C)c2ccccc2F)c1C(C)=O. The molecule has 0 heterocycles. The van der Waals surface area contributed by atoms with Gasteiger partial charge < -0.3 is 9.64 Å². The fourth-order valence-corrected chi connectivity index (χ4v) is 2.18. The van der Waals surface area contributed by atoms with Gasteiger partial charge in [0.2, 0.25) is 0 Å². The van der Waals surface area contributed by atoms with Gasteiger partial charge >= 0.3 is 0 Å². The fraction of sp³-hybridized carbons (Fsp3) is 0.188. The normalized spacial score (nSPS) is 10.2. The average molecular weight is 273 g/mol. The summed E-state index contributed by atoms with van der Waals surface area (Å²) in [6, 6.07) is 11.7. The summed E-state index contributed by atoms with van der Waals surface area (Å²) in [7, 11) is 3.23. The molecule has 0 radical (unpaired) electrons. The van der Waals surface area contributed by atoms with Crippen molar-refractivity contribution in [2.24, 2.45) is 0 Å². The molecule has 0 bridgehead atoms. The number of Topliss-reactive ketones (excluding diaryl/α,β-unsaturated/α-hetero) is 1. The number of rotatable bonds is 4. The molecule has 0 atom stereocenters. The van der Waals surface area contributed by atoms with Crippen molar-refractivity contribution in [3.8, 4) is 5.75 Å². The molecule has 0 aromatic heterocycles. The summed E-state index contributed by atoms with van der Waals surface area (Å²) in [5.74, 6) is 0.0196. The van der Waals surface area contributed by atoms with E-state index in [1.54, 1.807) is 48.3 Å². The van der Waals surface area contributed by atoms with Gasteiger partial charge in [-0.2, -0.15) is 0 Å². The van der Waals surface area contributed by atoms with Crippen molar-refractivity contribution in [3.05, 3.63) is 53.8 Å². The van der Waals surface area contributed by atoms with Gasteiger partial charge in [-0.1, -0.05) is 18.2 Å². The van der Waals surface area contributed by atoms with Crippen LogP contribution in [0.25, 0.3) is 0 Å². The van der Waals surface area contributed by atoms with Crippen LogP contribution in [-0.4, -0.2) is 19.9 Å². The third-order valence-electron chi connectivity index (χ3n) is 3.15. The molecule has 2 rings (SSSR count). The number of methoxy groups -OCH3 is 1. The number of nitrogens with zero attached hydrogens (tertiary/aromatic N) is 1. The van der Waals surface area contributed by atoms with E-state index in [-0.39, 0.29) is 11.6 Å². The molecule has 0 N–H and O–H groups in total. The first kappa shape index (κ1) is 14.1. The van der Waals surface area contributed by atoms with Crippen LogP contribution in [0.3, 0.4) is 0 Å². The third-order valence-corrected chi connectivity index (χ3v) is 3.15. The van der Waals surface area contributed by atoms with E-state index in [1.807, 2.05) is 0 Å². The molecule has 0 saturated heterocycles. The van der Waals surface area contributed by atoms with Crippen molar-refractivity contribution in [1.82, 2.24) is 0 Å². The largest absolute Gasteiger partial charge is 0.496 e. The van der Waals surface area contributed by atoms with Crippen LogP contribution in [-0.2, 0) is 0 Å². The van der Waals surface area contributed by atoms with Crippen LogP contribution < -0.4 is 9.64 Å². The topological polar surface area (TPSA) is 29.5 Å². The van der Waals surface area contributed by atoms with Gasteiger partial charge in [-0.15, -0.1) is 0 Å². The molecule has 0 aliphatic carbocycles. The monoisotopic (exact) mass is 273 g/mol. The maximum absolute atomic E-state index is 13.9. The molecule has 0 spiro atoms. The molecular weight excluding hydrogens is 257 g/mol. The van der Waals surface area contributed by atoms with Crippen molar-refractivity contribution in [3.63, 3.8) is 0 Å². The summed E-state index contributed by atoms with van der Waals surface area (Å²) in [6.07, 6.45) is 0. The number of ether oxygens (including phenoxy) is 1. The van der Waals surface area contributed by atoms with E-state index >= 15 is 0 Å². The lowest BCUT2D eigenvalue weighted by molar-refractivity contribution is 0.101. The molecule has 0 aliphatic heterocycles. The lowest BCUT2D eigenvalue weighted by Crippen LogP contribution is -2.15. The van der Waals surface area contributed by atoms with Crippen molar-refractivity contribution in [1.29, 1.82) is 0 Å². The number of benzene rings is 2. The van der Waals surface area contributed by atoms with E-state index in [2.05, 4.69) is 0 Å². The van der Waals surface area contributed by atoms with Gasteiger partial charge in [0.15, 0.2) is 5.78 Å². The average Bonchev–Trinajstić information content (AvgIpc) is 2.46. The first-order valence-corrected chi connectivity index (χ1v) is 6.22. The third kappa shape index (κ3) is 2.50. The Labute approximate surface area is 117 Å². The number of halogens is 1. The number of hydrogen-bond donors (Lipinski definition) is 0. The van der Waals surface area contributed by atoms with E-state index in [9.17, 15) is 9.18 Å². The number of ketones is 1. The van der Waals surface area contributed by atoms with E-state index in [4.69, 9.17) is 4.74 Å². The minimum Gasteiger partial charge on any atom is -0.496 e. The molecule has 3 nitrogen and oxygen atoms in total. The van der Waals surface area contributed by atoms with Gasteiger partial charge in [0.05, 0.1) is 24.0 Å². The molecule has 104 valence electrons. The fourth-order valence-electron chi connectivity index (χ4n) is 2.18. The Kier molecular flexibility index (Phi) is 4.03. The highest BCUT2D eigenvalue weighted by Gasteiger charge is 2.18. The predicted molar refractivity (Wildman–Crippen MR) is 77.5 cm³/mol. The summed E-state index contributed by atoms with van der Waals surface area (Å²) in [5, 5.41) is 0. The minimum absolute atomic E-state index is 0.124. The highest BCUT2D eigenvalue weighted by molar-refractivity contribution is 6.03. The van der Waals surface area contributed by atoms with Crippen molar-refractivity contribution < 1.29 is 13.9 Å². The molecule has 0 aliphatic rings. The maximum Gasteiger partial charge on any atom is 0.165 e. The molecular formula is C16H16FNO2. The number of carbonyl (C=O) groups excluding carboxylic acids is 1. The Hall–Kier alpha value is -2.36. The highest BCUT2D eigenvalue weighted by atomic mass is 19.1. The first-order valence-electron chi connectivity index (χ1n) is 6.22. The molecule has 4 heteroatoms. The van der Waals surface area contributed by atoms with Gasteiger partial charge in [0.1, 0.15) is 11.6 Å². The van der Waals surface area contributed by atoms with Crippen molar-refractivity contribution in [2.75, 3.05) is 19.1 Å². The Morgan fingerprint density at radius 1 is 1.10 bits per heavy atom. The van der Waals surface area contributed by atoms with Crippen LogP contribution in [0.15, 0.2) is 42.5 Å². The van der Waals surface area contributed by atoms with Crippen LogP contribution in [0, 0.1) is 5.82 Å². The quantitative estimate of drug-likeness (QED) is 0.793. The zero-order chi connectivity index (χ0) is 14.7. The Morgan fingerprint density at radius 3 is 2.35 bits per heavy atom. The zero-order valence-electron chi connectivity index (χ0n) is 11.7. The highest BCUT2D eigenvalue weighted by Crippen LogP contribution is 2.34. The molecule has 2 aromatic rings.